The van der Waals surface area contributed by atoms with Gasteiger partial charge in [0.25, 0.3) is 0 Å². The minimum Gasteiger partial charge on any atom is -0.356 e. The second-order valence-corrected chi connectivity index (χ2v) is 7.44. The molecule has 30 heavy (non-hydrogen) atoms. The molecule has 0 radical (unpaired) electrons. The van der Waals surface area contributed by atoms with Gasteiger partial charge in [-0.2, -0.15) is 5.10 Å². The maximum Gasteiger partial charge on any atom is 0.240 e. The molecule has 0 saturated heterocycles. The molecule has 156 valence electrons. The van der Waals surface area contributed by atoms with E-state index in [9.17, 15) is 9.59 Å². The van der Waals surface area contributed by atoms with E-state index in [0.717, 1.165) is 46.5 Å². The third-order valence-electron chi connectivity index (χ3n) is 5.11. The number of hydrogen-bond acceptors (Lipinski definition) is 3. The van der Waals surface area contributed by atoms with Crippen molar-refractivity contribution in [2.24, 2.45) is 5.10 Å². The molecule has 0 bridgehead atoms. The molecule has 0 atom stereocenters. The molecule has 2 amide bonds. The van der Waals surface area contributed by atoms with Crippen LogP contribution in [0.1, 0.15) is 51.0 Å². The number of amides is 2. The zero-order chi connectivity index (χ0) is 21.2. The van der Waals surface area contributed by atoms with Crippen LogP contribution in [0.2, 0.25) is 0 Å². The second kappa shape index (κ2) is 11.1. The summed E-state index contributed by atoms with van der Waals surface area (Å²) in [4.78, 5) is 23.8. The van der Waals surface area contributed by atoms with Crippen LogP contribution in [0, 0.1) is 0 Å². The highest BCUT2D eigenvalue weighted by atomic mass is 16.2. The fourth-order valence-corrected chi connectivity index (χ4v) is 3.48. The molecular formula is C25H29N3O2. The van der Waals surface area contributed by atoms with Gasteiger partial charge in [0, 0.05) is 24.9 Å². The van der Waals surface area contributed by atoms with Crippen molar-refractivity contribution >= 4 is 39.6 Å². The number of nitrogens with one attached hydrogen (secondary N) is 2. The molecule has 3 rings (SSSR count). The van der Waals surface area contributed by atoms with E-state index in [-0.39, 0.29) is 11.8 Å². The summed E-state index contributed by atoms with van der Waals surface area (Å²) in [7, 11) is 0. The number of rotatable bonds is 10. The summed E-state index contributed by atoms with van der Waals surface area (Å²) in [5, 5.41) is 11.6. The number of carbonyl (C=O) groups excluding carboxylic acids is 2. The molecule has 0 saturated carbocycles. The van der Waals surface area contributed by atoms with Gasteiger partial charge in [0.05, 0.1) is 6.21 Å². The topological polar surface area (TPSA) is 70.6 Å². The number of nitrogens with zero attached hydrogens (tertiary/aromatic N) is 1. The van der Waals surface area contributed by atoms with Gasteiger partial charge in [-0.25, -0.2) is 5.43 Å². The molecule has 0 heterocycles. The first kappa shape index (κ1) is 21.5. The third kappa shape index (κ3) is 5.89. The molecule has 2 N–H and O–H groups in total. The molecule has 5 nitrogen and oxygen atoms in total. The Morgan fingerprint density at radius 2 is 1.47 bits per heavy atom. The summed E-state index contributed by atoms with van der Waals surface area (Å²) in [5.74, 6) is -0.0769. The van der Waals surface area contributed by atoms with Gasteiger partial charge in [0.1, 0.15) is 0 Å². The third-order valence-corrected chi connectivity index (χ3v) is 5.11. The van der Waals surface area contributed by atoms with E-state index in [0.29, 0.717) is 25.7 Å². The lowest BCUT2D eigenvalue weighted by atomic mass is 9.97. The standard InChI is InChI=1S/C25H29N3O2/c1-2-3-16-26-24(29)14-8-9-15-25(30)28-27-18-23-21-12-6-4-10-19(21)17-20-11-5-7-13-22(20)23/h4-7,10-13,17-18H,2-3,8-9,14-16H2,1H3,(H,26,29)(H,28,30)/b27-18+. The number of hydrogen-bond donors (Lipinski definition) is 2. The van der Waals surface area contributed by atoms with Crippen LogP contribution in [0.25, 0.3) is 21.5 Å². The molecule has 0 unspecified atom stereocenters. The van der Waals surface area contributed by atoms with Gasteiger partial charge >= 0.3 is 0 Å². The van der Waals surface area contributed by atoms with Crippen LogP contribution in [0.15, 0.2) is 59.7 Å². The number of unbranched alkanes of at least 4 members (excludes halogenated alkanes) is 2. The normalized spacial score (nSPS) is 11.2. The predicted molar refractivity (Wildman–Crippen MR) is 124 cm³/mol. The van der Waals surface area contributed by atoms with Crippen LogP contribution >= 0.6 is 0 Å². The van der Waals surface area contributed by atoms with Gasteiger partial charge < -0.3 is 5.32 Å². The Labute approximate surface area is 177 Å². The monoisotopic (exact) mass is 403 g/mol. The van der Waals surface area contributed by atoms with Crippen molar-refractivity contribution in [3.8, 4) is 0 Å². The fraction of sp³-hybridized carbons (Fsp3) is 0.320. The lowest BCUT2D eigenvalue weighted by molar-refractivity contribution is -0.123. The van der Waals surface area contributed by atoms with E-state index >= 15 is 0 Å². The highest BCUT2D eigenvalue weighted by Crippen LogP contribution is 2.27. The number of carbonyl (C=O) groups is 2. The van der Waals surface area contributed by atoms with Crippen LogP contribution in [-0.2, 0) is 9.59 Å². The summed E-state index contributed by atoms with van der Waals surface area (Å²) in [6, 6.07) is 18.5. The van der Waals surface area contributed by atoms with Gasteiger partial charge in [-0.1, -0.05) is 61.9 Å². The minimum absolute atomic E-state index is 0.0599. The van der Waals surface area contributed by atoms with Gasteiger partial charge in [0.2, 0.25) is 11.8 Å². The maximum absolute atomic E-state index is 12.1. The first-order chi connectivity index (χ1) is 14.7. The van der Waals surface area contributed by atoms with Crippen molar-refractivity contribution in [3.63, 3.8) is 0 Å². The van der Waals surface area contributed by atoms with Crippen LogP contribution in [0.3, 0.4) is 0 Å². The number of benzene rings is 3. The largest absolute Gasteiger partial charge is 0.356 e. The van der Waals surface area contributed by atoms with Crippen molar-refractivity contribution in [3.05, 3.63) is 60.2 Å². The summed E-state index contributed by atoms with van der Waals surface area (Å²) < 4.78 is 0. The van der Waals surface area contributed by atoms with Crippen molar-refractivity contribution < 1.29 is 9.59 Å². The van der Waals surface area contributed by atoms with Crippen LogP contribution < -0.4 is 10.7 Å². The molecule has 3 aromatic rings. The quantitative estimate of drug-likeness (QED) is 0.218. The van der Waals surface area contributed by atoms with Gasteiger partial charge in [0.15, 0.2) is 0 Å². The molecule has 0 aliphatic rings. The van der Waals surface area contributed by atoms with Gasteiger partial charge in [-0.3, -0.25) is 9.59 Å². The molecule has 0 aromatic heterocycles. The van der Waals surface area contributed by atoms with E-state index in [1.807, 2.05) is 24.3 Å². The minimum atomic E-state index is -0.137. The average molecular weight is 404 g/mol. The Morgan fingerprint density at radius 1 is 0.867 bits per heavy atom. The molecule has 3 aromatic carbocycles. The van der Waals surface area contributed by atoms with E-state index in [1.54, 1.807) is 6.21 Å². The van der Waals surface area contributed by atoms with E-state index in [4.69, 9.17) is 0 Å². The highest BCUT2D eigenvalue weighted by molar-refractivity contribution is 6.13. The lowest BCUT2D eigenvalue weighted by Gasteiger charge is -2.08. The zero-order valence-electron chi connectivity index (χ0n) is 17.5. The Morgan fingerprint density at radius 3 is 2.10 bits per heavy atom. The molecule has 0 aliphatic heterocycles. The lowest BCUT2D eigenvalue weighted by Crippen LogP contribution is -2.24. The first-order valence-electron chi connectivity index (χ1n) is 10.7. The van der Waals surface area contributed by atoms with Crippen molar-refractivity contribution in [2.45, 2.75) is 45.4 Å². The number of hydrazone groups is 1. The molecule has 0 fully saturated rings. The average Bonchev–Trinajstić information content (AvgIpc) is 2.76. The van der Waals surface area contributed by atoms with E-state index in [2.05, 4.69) is 53.1 Å². The van der Waals surface area contributed by atoms with Crippen LogP contribution in [0.4, 0.5) is 0 Å². The smallest absolute Gasteiger partial charge is 0.240 e. The zero-order valence-corrected chi connectivity index (χ0v) is 17.5. The Kier molecular flexibility index (Phi) is 7.95. The van der Waals surface area contributed by atoms with Gasteiger partial charge in [-0.05, 0) is 46.9 Å². The van der Waals surface area contributed by atoms with E-state index < -0.39 is 0 Å². The molecule has 5 heteroatoms. The molecule has 0 spiro atoms. The van der Waals surface area contributed by atoms with Gasteiger partial charge in [-0.15, -0.1) is 0 Å². The van der Waals surface area contributed by atoms with Crippen LogP contribution in [-0.4, -0.2) is 24.6 Å². The van der Waals surface area contributed by atoms with Crippen molar-refractivity contribution in [2.75, 3.05) is 6.54 Å². The van der Waals surface area contributed by atoms with Crippen molar-refractivity contribution in [1.29, 1.82) is 0 Å². The number of fused-ring (bicyclic) bond motifs is 2. The molecular weight excluding hydrogens is 374 g/mol. The fourth-order valence-electron chi connectivity index (χ4n) is 3.48. The van der Waals surface area contributed by atoms with E-state index in [1.165, 1.54) is 0 Å². The first-order valence-corrected chi connectivity index (χ1v) is 10.7. The van der Waals surface area contributed by atoms with Crippen LogP contribution in [0.5, 0.6) is 0 Å². The summed E-state index contributed by atoms with van der Waals surface area (Å²) in [5.41, 5.74) is 3.61. The highest BCUT2D eigenvalue weighted by Gasteiger charge is 2.06. The molecule has 0 aliphatic carbocycles. The van der Waals surface area contributed by atoms with Crippen molar-refractivity contribution in [1.82, 2.24) is 10.7 Å². The summed E-state index contributed by atoms with van der Waals surface area (Å²) >= 11 is 0. The Hall–Kier alpha value is -3.21. The second-order valence-electron chi connectivity index (χ2n) is 7.44. The predicted octanol–water partition coefficient (Wildman–Crippen LogP) is 4.92. The maximum atomic E-state index is 12.1. The summed E-state index contributed by atoms with van der Waals surface area (Å²) in [6.07, 6.45) is 5.97. The Bertz CT molecular complexity index is 989. The summed E-state index contributed by atoms with van der Waals surface area (Å²) in [6.45, 7) is 2.82. The Balaban J connectivity index is 1.54. The SMILES string of the molecule is CCCCNC(=O)CCCCC(=O)N/N=C/c1c2ccccc2cc2ccccc12.